The third kappa shape index (κ3) is 4.09. The second-order valence-corrected chi connectivity index (χ2v) is 5.63. The van der Waals surface area contributed by atoms with Gasteiger partial charge in [0.25, 0.3) is 0 Å². The number of thiazole rings is 1. The molecule has 5 nitrogen and oxygen atoms in total. The summed E-state index contributed by atoms with van der Waals surface area (Å²) >= 11 is 1.50. The van der Waals surface area contributed by atoms with Gasteiger partial charge < -0.3 is 5.32 Å². The first kappa shape index (κ1) is 15.6. The Balaban J connectivity index is 1.91. The minimum Gasteiger partial charge on any atom is -0.307 e. The summed E-state index contributed by atoms with van der Waals surface area (Å²) in [6.07, 6.45) is 3.68. The first-order valence-electron chi connectivity index (χ1n) is 6.94. The van der Waals surface area contributed by atoms with E-state index in [2.05, 4.69) is 22.2 Å². The molecule has 1 N–H and O–H groups in total. The van der Waals surface area contributed by atoms with Crippen LogP contribution in [0.25, 0.3) is 0 Å². The molecule has 0 fully saturated rings. The quantitative estimate of drug-likeness (QED) is 0.891. The molecule has 2 rings (SSSR count). The first-order valence-corrected chi connectivity index (χ1v) is 7.82. The van der Waals surface area contributed by atoms with Crippen molar-refractivity contribution in [3.8, 4) is 0 Å². The highest BCUT2D eigenvalue weighted by Crippen LogP contribution is 2.20. The molecular formula is C15H20N4OS. The Morgan fingerprint density at radius 2 is 2.24 bits per heavy atom. The van der Waals surface area contributed by atoms with E-state index in [0.717, 1.165) is 17.4 Å². The monoisotopic (exact) mass is 304 g/mol. The molecule has 0 aliphatic rings. The van der Waals surface area contributed by atoms with Crippen LogP contribution in [0.2, 0.25) is 0 Å². The summed E-state index contributed by atoms with van der Waals surface area (Å²) in [5.74, 6) is 0.0253. The normalized spacial score (nSPS) is 10.6. The Kier molecular flexibility index (Phi) is 5.41. The lowest BCUT2D eigenvalue weighted by atomic mass is 10.1. The molecule has 2 heterocycles. The van der Waals surface area contributed by atoms with E-state index in [1.54, 1.807) is 18.0 Å². The van der Waals surface area contributed by atoms with Gasteiger partial charge >= 0.3 is 0 Å². The first-order chi connectivity index (χ1) is 10.1. The molecule has 0 bridgehead atoms. The maximum Gasteiger partial charge on any atom is 0.225 e. The summed E-state index contributed by atoms with van der Waals surface area (Å²) in [6, 6.07) is 2.00. The Morgan fingerprint density at radius 3 is 2.90 bits per heavy atom. The van der Waals surface area contributed by atoms with Gasteiger partial charge in [0.15, 0.2) is 5.13 Å². The molecule has 0 saturated carbocycles. The van der Waals surface area contributed by atoms with E-state index >= 15 is 0 Å². The predicted octanol–water partition coefficient (Wildman–Crippen LogP) is 2.51. The minimum atomic E-state index is 0.0253. The van der Waals surface area contributed by atoms with Gasteiger partial charge in [-0.1, -0.05) is 0 Å². The van der Waals surface area contributed by atoms with E-state index in [1.807, 2.05) is 24.6 Å². The van der Waals surface area contributed by atoms with Crippen LogP contribution < -0.4 is 10.2 Å². The fourth-order valence-electron chi connectivity index (χ4n) is 2.00. The lowest BCUT2D eigenvalue weighted by Crippen LogP contribution is -2.27. The number of carbonyl (C=O) groups is 1. The zero-order valence-electron chi connectivity index (χ0n) is 12.6. The highest BCUT2D eigenvalue weighted by Gasteiger charge is 2.13. The molecule has 1 amide bonds. The summed E-state index contributed by atoms with van der Waals surface area (Å²) in [6.45, 7) is 7.67. The molecular weight excluding hydrogens is 284 g/mol. The smallest absolute Gasteiger partial charge is 0.225 e. The molecule has 0 radical (unpaired) electrons. The Labute approximate surface area is 129 Å². The Morgan fingerprint density at radius 1 is 1.43 bits per heavy atom. The van der Waals surface area contributed by atoms with Gasteiger partial charge in [0.2, 0.25) is 5.91 Å². The zero-order chi connectivity index (χ0) is 15.2. The average Bonchev–Trinajstić information content (AvgIpc) is 2.90. The molecule has 0 saturated heterocycles. The number of amides is 1. The van der Waals surface area contributed by atoms with Crippen molar-refractivity contribution in [2.24, 2.45) is 0 Å². The summed E-state index contributed by atoms with van der Waals surface area (Å²) < 4.78 is 0. The molecule has 0 atom stereocenters. The maximum absolute atomic E-state index is 11.5. The Hall–Kier alpha value is -1.79. The van der Waals surface area contributed by atoms with Gasteiger partial charge in [-0.2, -0.15) is 0 Å². The van der Waals surface area contributed by atoms with Crippen LogP contribution in [0.5, 0.6) is 0 Å². The minimum absolute atomic E-state index is 0.0253. The largest absolute Gasteiger partial charge is 0.307 e. The SMILES string of the molecule is CCN(C(C)=O)c1nc(CNCc2cnccc2C)cs1. The average molecular weight is 304 g/mol. The standard InChI is InChI=1S/C15H20N4OS/c1-4-19(12(3)20)15-18-14(10-21-15)9-17-8-13-7-16-6-5-11(13)2/h5-7,10,17H,4,8-9H2,1-3H3. The van der Waals surface area contributed by atoms with Crippen LogP contribution in [0.4, 0.5) is 5.13 Å². The van der Waals surface area contributed by atoms with Crippen LogP contribution in [-0.2, 0) is 17.9 Å². The van der Waals surface area contributed by atoms with Crippen molar-refractivity contribution < 1.29 is 4.79 Å². The molecule has 21 heavy (non-hydrogen) atoms. The zero-order valence-corrected chi connectivity index (χ0v) is 13.4. The number of carbonyl (C=O) groups excluding carboxylic acids is 1. The summed E-state index contributed by atoms with van der Waals surface area (Å²) in [7, 11) is 0. The van der Waals surface area contributed by atoms with E-state index in [-0.39, 0.29) is 5.91 Å². The van der Waals surface area contributed by atoms with Crippen molar-refractivity contribution in [3.05, 3.63) is 40.7 Å². The number of hydrogen-bond acceptors (Lipinski definition) is 5. The molecule has 0 aromatic carbocycles. The molecule has 0 unspecified atom stereocenters. The number of nitrogens with zero attached hydrogens (tertiary/aromatic N) is 3. The van der Waals surface area contributed by atoms with Crippen molar-refractivity contribution in [2.45, 2.75) is 33.9 Å². The number of pyridine rings is 1. The van der Waals surface area contributed by atoms with Crippen LogP contribution >= 0.6 is 11.3 Å². The van der Waals surface area contributed by atoms with Crippen molar-refractivity contribution in [1.29, 1.82) is 0 Å². The van der Waals surface area contributed by atoms with Crippen LogP contribution in [0, 0.1) is 6.92 Å². The van der Waals surface area contributed by atoms with Crippen molar-refractivity contribution >= 4 is 22.4 Å². The van der Waals surface area contributed by atoms with Crippen molar-refractivity contribution in [1.82, 2.24) is 15.3 Å². The van der Waals surface area contributed by atoms with Crippen LogP contribution in [-0.4, -0.2) is 22.4 Å². The molecule has 112 valence electrons. The second kappa shape index (κ2) is 7.28. The summed E-state index contributed by atoms with van der Waals surface area (Å²) in [5.41, 5.74) is 3.37. The van der Waals surface area contributed by atoms with Gasteiger partial charge in [-0.15, -0.1) is 11.3 Å². The third-order valence-corrected chi connectivity index (χ3v) is 4.15. The molecule has 0 aliphatic heterocycles. The van der Waals surface area contributed by atoms with Gasteiger partial charge in [-0.25, -0.2) is 4.98 Å². The van der Waals surface area contributed by atoms with Crippen molar-refractivity contribution in [2.75, 3.05) is 11.4 Å². The fourth-order valence-corrected chi connectivity index (χ4v) is 2.93. The number of nitrogens with one attached hydrogen (secondary N) is 1. The fraction of sp³-hybridized carbons (Fsp3) is 0.400. The van der Waals surface area contributed by atoms with Gasteiger partial charge in [0, 0.05) is 44.3 Å². The molecule has 2 aromatic rings. The molecule has 0 aliphatic carbocycles. The summed E-state index contributed by atoms with van der Waals surface area (Å²) in [5, 5.41) is 6.11. The third-order valence-electron chi connectivity index (χ3n) is 3.24. The van der Waals surface area contributed by atoms with E-state index in [0.29, 0.717) is 13.1 Å². The molecule has 0 spiro atoms. The number of hydrogen-bond donors (Lipinski definition) is 1. The maximum atomic E-state index is 11.5. The number of rotatable bonds is 6. The van der Waals surface area contributed by atoms with Gasteiger partial charge in [0.1, 0.15) is 0 Å². The van der Waals surface area contributed by atoms with Crippen molar-refractivity contribution in [3.63, 3.8) is 0 Å². The van der Waals surface area contributed by atoms with Crippen LogP contribution in [0.15, 0.2) is 23.8 Å². The van der Waals surface area contributed by atoms with Crippen LogP contribution in [0.3, 0.4) is 0 Å². The molecule has 2 aromatic heterocycles. The lowest BCUT2D eigenvalue weighted by molar-refractivity contribution is -0.116. The topological polar surface area (TPSA) is 58.1 Å². The van der Waals surface area contributed by atoms with E-state index in [4.69, 9.17) is 0 Å². The van der Waals surface area contributed by atoms with Gasteiger partial charge in [0.05, 0.1) is 5.69 Å². The second-order valence-electron chi connectivity index (χ2n) is 4.79. The predicted molar refractivity (Wildman–Crippen MR) is 85.3 cm³/mol. The van der Waals surface area contributed by atoms with Gasteiger partial charge in [-0.3, -0.25) is 14.7 Å². The Bertz CT molecular complexity index is 611. The number of anilines is 1. The lowest BCUT2D eigenvalue weighted by Gasteiger charge is -2.14. The van der Waals surface area contributed by atoms with E-state index < -0.39 is 0 Å². The van der Waals surface area contributed by atoms with E-state index in [1.165, 1.54) is 22.5 Å². The highest BCUT2D eigenvalue weighted by atomic mass is 32.1. The van der Waals surface area contributed by atoms with E-state index in [9.17, 15) is 4.79 Å². The number of aromatic nitrogens is 2. The summed E-state index contributed by atoms with van der Waals surface area (Å²) in [4.78, 5) is 21.8. The van der Waals surface area contributed by atoms with Crippen LogP contribution in [0.1, 0.15) is 30.7 Å². The highest BCUT2D eigenvalue weighted by molar-refractivity contribution is 7.14. The number of aryl methyl sites for hydroxylation is 1. The molecule has 6 heteroatoms. The van der Waals surface area contributed by atoms with Gasteiger partial charge in [-0.05, 0) is 31.0 Å².